The predicted molar refractivity (Wildman–Crippen MR) is 147 cm³/mol. The van der Waals surface area contributed by atoms with Gasteiger partial charge in [-0.1, -0.05) is 17.7 Å². The Hall–Kier alpha value is -4.02. The molecule has 0 aliphatic heterocycles. The lowest BCUT2D eigenvalue weighted by Crippen LogP contribution is -2.34. The fourth-order valence-electron chi connectivity index (χ4n) is 5.14. The van der Waals surface area contributed by atoms with Crippen LogP contribution in [0.1, 0.15) is 49.3 Å². The highest BCUT2D eigenvalue weighted by Crippen LogP contribution is 2.37. The summed E-state index contributed by atoms with van der Waals surface area (Å²) in [7, 11) is -4.26. The molecule has 9 nitrogen and oxygen atoms in total. The minimum Gasteiger partial charge on any atom is -0.351 e. The molecule has 13 heteroatoms. The molecule has 0 spiro atoms. The summed E-state index contributed by atoms with van der Waals surface area (Å²) in [5.74, 6) is 0.487. The van der Waals surface area contributed by atoms with Gasteiger partial charge in [0.15, 0.2) is 5.65 Å². The summed E-state index contributed by atoms with van der Waals surface area (Å²) in [4.78, 5) is 12.6. The predicted octanol–water partition coefficient (Wildman–Crippen LogP) is 5.25. The molecule has 3 aromatic heterocycles. The van der Waals surface area contributed by atoms with E-state index in [1.807, 2.05) is 13.0 Å². The van der Waals surface area contributed by atoms with E-state index in [1.54, 1.807) is 19.1 Å². The Labute approximate surface area is 235 Å². The van der Waals surface area contributed by atoms with Gasteiger partial charge in [0, 0.05) is 35.4 Å². The molecule has 1 aliphatic carbocycles. The average molecular weight is 584 g/mol. The summed E-state index contributed by atoms with van der Waals surface area (Å²) in [6.45, 7) is 3.79. The second kappa shape index (κ2) is 10.8. The number of pyridine rings is 1. The first kappa shape index (κ1) is 28.5. The van der Waals surface area contributed by atoms with E-state index in [2.05, 4.69) is 20.3 Å². The van der Waals surface area contributed by atoms with Crippen molar-refractivity contribution in [2.75, 3.05) is 5.32 Å². The summed E-state index contributed by atoms with van der Waals surface area (Å²) >= 11 is 0. The Morgan fingerprint density at radius 3 is 2.44 bits per heavy atom. The maximum absolute atomic E-state index is 13.7. The van der Waals surface area contributed by atoms with Gasteiger partial charge < -0.3 is 11.1 Å². The zero-order chi connectivity index (χ0) is 29.5. The fourth-order valence-corrected chi connectivity index (χ4v) is 6.46. The lowest BCUT2D eigenvalue weighted by molar-refractivity contribution is -0.137. The maximum atomic E-state index is 13.7. The van der Waals surface area contributed by atoms with E-state index in [9.17, 15) is 26.9 Å². The molecule has 1 atom stereocenters. The highest BCUT2D eigenvalue weighted by Gasteiger charge is 2.33. The molecular weight excluding hydrogens is 555 g/mol. The molecule has 0 radical (unpaired) electrons. The van der Waals surface area contributed by atoms with Gasteiger partial charge in [0.2, 0.25) is 5.95 Å². The number of halogens is 3. The van der Waals surface area contributed by atoms with Gasteiger partial charge in [-0.05, 0) is 63.6 Å². The van der Waals surface area contributed by atoms with Crippen molar-refractivity contribution in [2.45, 2.75) is 62.7 Å². The van der Waals surface area contributed by atoms with Crippen molar-refractivity contribution >= 4 is 27.0 Å². The smallest absolute Gasteiger partial charge is 0.351 e. The number of nitrogens with one attached hydrogen (secondary N) is 1. The standard InChI is InChI=1S/C28H28F3N7O2S/c1-16-3-9-22(10-4-16)41(39,40)38-15-24(23-11-20(28(29,30)31)14-34-26(23)38)25-19(12-32)13-35-27(37-25)36-17(2)18-5-7-21(33)8-6-18/h3-4,9-11,13-15,17-18,21H,5-8,33H2,1-2H3,(H,35,36,37). The van der Waals surface area contributed by atoms with Crippen LogP contribution in [0.15, 0.2) is 53.8 Å². The van der Waals surface area contributed by atoms with Crippen LogP contribution in [0, 0.1) is 24.2 Å². The van der Waals surface area contributed by atoms with Crippen molar-refractivity contribution in [3.63, 3.8) is 0 Å². The normalized spacial score (nSPS) is 18.7. The number of aromatic nitrogens is 4. The molecule has 0 bridgehead atoms. The van der Waals surface area contributed by atoms with Crippen LogP contribution in [0.5, 0.6) is 0 Å². The summed E-state index contributed by atoms with van der Waals surface area (Å²) < 4.78 is 69.2. The van der Waals surface area contributed by atoms with Crippen molar-refractivity contribution in [1.29, 1.82) is 5.26 Å². The Balaban J connectivity index is 1.65. The molecule has 4 aromatic rings. The molecule has 3 heterocycles. The number of nitrogens with two attached hydrogens (primary N) is 1. The van der Waals surface area contributed by atoms with Gasteiger partial charge in [0.1, 0.15) is 6.07 Å². The van der Waals surface area contributed by atoms with E-state index >= 15 is 0 Å². The van der Waals surface area contributed by atoms with Crippen LogP contribution in [-0.4, -0.2) is 39.4 Å². The molecule has 0 amide bonds. The van der Waals surface area contributed by atoms with Crippen LogP contribution < -0.4 is 11.1 Å². The molecule has 1 aromatic carbocycles. The van der Waals surface area contributed by atoms with E-state index in [-0.39, 0.29) is 50.8 Å². The Morgan fingerprint density at radius 1 is 1.12 bits per heavy atom. The van der Waals surface area contributed by atoms with E-state index < -0.39 is 21.8 Å². The SMILES string of the molecule is Cc1ccc(S(=O)(=O)n2cc(-c3nc(NC(C)C4CCC(N)CC4)ncc3C#N)c3cc(C(F)(F)F)cnc32)cc1. The van der Waals surface area contributed by atoms with Gasteiger partial charge in [-0.25, -0.2) is 27.3 Å². The average Bonchev–Trinajstić information content (AvgIpc) is 3.33. The van der Waals surface area contributed by atoms with Crippen LogP contribution in [-0.2, 0) is 16.2 Å². The van der Waals surface area contributed by atoms with Gasteiger partial charge in [-0.3, -0.25) is 0 Å². The minimum atomic E-state index is -4.73. The number of anilines is 1. The molecular formula is C28H28F3N7O2S. The van der Waals surface area contributed by atoms with E-state index in [0.29, 0.717) is 12.1 Å². The summed E-state index contributed by atoms with van der Waals surface area (Å²) in [6, 6.07) is 8.99. The van der Waals surface area contributed by atoms with E-state index in [0.717, 1.165) is 47.5 Å². The topological polar surface area (TPSA) is 140 Å². The largest absolute Gasteiger partial charge is 0.417 e. The van der Waals surface area contributed by atoms with E-state index in [4.69, 9.17) is 5.73 Å². The third-order valence-electron chi connectivity index (χ3n) is 7.56. The third-order valence-corrected chi connectivity index (χ3v) is 9.23. The molecule has 5 rings (SSSR count). The molecule has 1 fully saturated rings. The maximum Gasteiger partial charge on any atom is 0.417 e. The lowest BCUT2D eigenvalue weighted by atomic mass is 9.82. The molecule has 1 aliphatic rings. The highest BCUT2D eigenvalue weighted by molar-refractivity contribution is 7.90. The van der Waals surface area contributed by atoms with Crippen LogP contribution in [0.3, 0.4) is 0 Å². The molecule has 1 saturated carbocycles. The van der Waals surface area contributed by atoms with Crippen LogP contribution in [0.2, 0.25) is 0 Å². The van der Waals surface area contributed by atoms with Crippen LogP contribution >= 0.6 is 0 Å². The zero-order valence-electron chi connectivity index (χ0n) is 22.4. The second-order valence-corrected chi connectivity index (χ2v) is 12.2. The summed E-state index contributed by atoms with van der Waals surface area (Å²) in [5.41, 5.74) is 5.54. The monoisotopic (exact) mass is 583 g/mol. The number of hydrogen-bond donors (Lipinski definition) is 2. The van der Waals surface area contributed by atoms with Gasteiger partial charge in [-0.15, -0.1) is 0 Å². The first-order valence-electron chi connectivity index (χ1n) is 13.1. The van der Waals surface area contributed by atoms with Gasteiger partial charge >= 0.3 is 6.18 Å². The Morgan fingerprint density at radius 2 is 1.80 bits per heavy atom. The summed E-state index contributed by atoms with van der Waals surface area (Å²) in [6.07, 6.45) is 1.94. The number of alkyl halides is 3. The number of fused-ring (bicyclic) bond motifs is 1. The van der Waals surface area contributed by atoms with Gasteiger partial charge in [0.05, 0.1) is 27.9 Å². The van der Waals surface area contributed by atoms with Gasteiger partial charge in [-0.2, -0.15) is 18.4 Å². The minimum absolute atomic E-state index is 0.00702. The molecule has 214 valence electrons. The highest BCUT2D eigenvalue weighted by atomic mass is 32.2. The molecule has 1 unspecified atom stereocenters. The van der Waals surface area contributed by atoms with Crippen molar-refractivity contribution in [3.05, 3.63) is 65.6 Å². The van der Waals surface area contributed by atoms with Crippen molar-refractivity contribution in [3.8, 4) is 17.3 Å². The fraction of sp³-hybridized carbons (Fsp3) is 0.357. The number of nitriles is 1. The lowest BCUT2D eigenvalue weighted by Gasteiger charge is -2.31. The number of nitrogens with zero attached hydrogens (tertiary/aromatic N) is 5. The Bertz CT molecular complexity index is 1740. The first-order chi connectivity index (χ1) is 19.4. The van der Waals surface area contributed by atoms with Gasteiger partial charge in [0.25, 0.3) is 10.0 Å². The number of benzene rings is 1. The molecule has 0 saturated heterocycles. The Kier molecular flexibility index (Phi) is 7.48. The third kappa shape index (κ3) is 5.62. The quantitative estimate of drug-likeness (QED) is 0.314. The summed E-state index contributed by atoms with van der Waals surface area (Å²) in [5, 5.41) is 13.0. The van der Waals surface area contributed by atoms with Crippen molar-refractivity contribution < 1.29 is 21.6 Å². The van der Waals surface area contributed by atoms with Crippen LogP contribution in [0.4, 0.5) is 19.1 Å². The van der Waals surface area contributed by atoms with E-state index in [1.165, 1.54) is 18.3 Å². The molecule has 41 heavy (non-hydrogen) atoms. The first-order valence-corrected chi connectivity index (χ1v) is 14.5. The van der Waals surface area contributed by atoms with Crippen LogP contribution in [0.25, 0.3) is 22.3 Å². The number of aryl methyl sites for hydroxylation is 1. The molecule has 3 N–H and O–H groups in total. The number of hydrogen-bond acceptors (Lipinski definition) is 8. The second-order valence-electron chi connectivity index (χ2n) is 10.4. The van der Waals surface area contributed by atoms with Crippen molar-refractivity contribution in [1.82, 2.24) is 18.9 Å². The van der Waals surface area contributed by atoms with Crippen molar-refractivity contribution in [2.24, 2.45) is 11.7 Å². The zero-order valence-corrected chi connectivity index (χ0v) is 23.2. The number of rotatable bonds is 6.